The largest absolute Gasteiger partial charge is 0.449 e. The van der Waals surface area contributed by atoms with Crippen LogP contribution in [0.5, 0.6) is 0 Å². The SMILES string of the molecule is CC(C)(C)NC(=O)OCC1CCC(n2cc3ccc(-c4cn[nH]c4)cc3n2)CC1. The van der Waals surface area contributed by atoms with E-state index in [1.165, 1.54) is 0 Å². The molecule has 2 aromatic heterocycles. The van der Waals surface area contributed by atoms with E-state index in [1.807, 2.05) is 33.2 Å². The number of ether oxygens (including phenoxy) is 1. The van der Waals surface area contributed by atoms with Crippen molar-refractivity contribution in [3.05, 3.63) is 36.8 Å². The quantitative estimate of drug-likeness (QED) is 0.671. The van der Waals surface area contributed by atoms with Crippen molar-refractivity contribution in [2.24, 2.45) is 5.92 Å². The van der Waals surface area contributed by atoms with Gasteiger partial charge < -0.3 is 10.1 Å². The van der Waals surface area contributed by atoms with E-state index >= 15 is 0 Å². The number of aromatic amines is 1. The van der Waals surface area contributed by atoms with Crippen molar-refractivity contribution in [2.75, 3.05) is 6.61 Å². The molecule has 0 unspecified atom stereocenters. The molecule has 1 amide bonds. The molecule has 3 aromatic rings. The summed E-state index contributed by atoms with van der Waals surface area (Å²) < 4.78 is 7.53. The fraction of sp³-hybridized carbons (Fsp3) is 0.500. The number of alkyl carbamates (subject to hydrolysis) is 1. The average Bonchev–Trinajstić information content (AvgIpc) is 3.34. The molecule has 1 aliphatic rings. The number of rotatable bonds is 4. The lowest BCUT2D eigenvalue weighted by Crippen LogP contribution is -2.41. The van der Waals surface area contributed by atoms with Crippen LogP contribution in [0.25, 0.3) is 22.0 Å². The third-order valence-corrected chi connectivity index (χ3v) is 5.47. The van der Waals surface area contributed by atoms with Crippen LogP contribution in [0.15, 0.2) is 36.8 Å². The van der Waals surface area contributed by atoms with Crippen molar-refractivity contribution >= 4 is 17.0 Å². The molecule has 1 aromatic carbocycles. The second-order valence-corrected chi connectivity index (χ2v) is 9.02. The molecule has 2 heterocycles. The van der Waals surface area contributed by atoms with Crippen LogP contribution in [0.2, 0.25) is 0 Å². The Kier molecular flexibility index (Phi) is 5.30. The first-order valence-electron chi connectivity index (χ1n) is 10.3. The second-order valence-electron chi connectivity index (χ2n) is 9.02. The summed E-state index contributed by atoms with van der Waals surface area (Å²) >= 11 is 0. The molecule has 7 heteroatoms. The minimum Gasteiger partial charge on any atom is -0.449 e. The van der Waals surface area contributed by atoms with Crippen LogP contribution in [0, 0.1) is 5.92 Å². The number of nitrogens with one attached hydrogen (secondary N) is 2. The van der Waals surface area contributed by atoms with Gasteiger partial charge in [0.2, 0.25) is 0 Å². The van der Waals surface area contributed by atoms with Gasteiger partial charge in [0.25, 0.3) is 0 Å². The number of hydrogen-bond acceptors (Lipinski definition) is 4. The van der Waals surface area contributed by atoms with E-state index in [2.05, 4.69) is 44.6 Å². The van der Waals surface area contributed by atoms with E-state index < -0.39 is 0 Å². The fourth-order valence-corrected chi connectivity index (χ4v) is 3.92. The van der Waals surface area contributed by atoms with Crippen LogP contribution >= 0.6 is 0 Å². The van der Waals surface area contributed by atoms with Gasteiger partial charge in [-0.2, -0.15) is 10.2 Å². The van der Waals surface area contributed by atoms with E-state index in [-0.39, 0.29) is 11.6 Å². The normalized spacial score (nSPS) is 20.0. The number of aromatic nitrogens is 4. The predicted molar refractivity (Wildman–Crippen MR) is 113 cm³/mol. The van der Waals surface area contributed by atoms with Gasteiger partial charge in [-0.25, -0.2) is 4.79 Å². The molecule has 1 fully saturated rings. The molecule has 0 bridgehead atoms. The Balaban J connectivity index is 1.34. The van der Waals surface area contributed by atoms with Gasteiger partial charge in [-0.1, -0.05) is 12.1 Å². The van der Waals surface area contributed by atoms with Crippen LogP contribution in [0.3, 0.4) is 0 Å². The standard InChI is InChI=1S/C22H29N5O2/c1-22(2,3)25-21(28)29-14-15-4-8-19(9-5-15)27-13-17-7-6-16(10-20(17)26-27)18-11-23-24-12-18/h6-7,10-13,15,19H,4-5,8-9,14H2,1-3H3,(H,23,24)(H,25,28). The van der Waals surface area contributed by atoms with E-state index in [0.717, 1.165) is 47.7 Å². The van der Waals surface area contributed by atoms with Crippen LogP contribution in [-0.4, -0.2) is 38.2 Å². The predicted octanol–water partition coefficient (Wildman–Crippen LogP) is 4.68. The summed E-state index contributed by atoms with van der Waals surface area (Å²) in [7, 11) is 0. The van der Waals surface area contributed by atoms with E-state index in [4.69, 9.17) is 9.84 Å². The minimum absolute atomic E-state index is 0.270. The molecule has 0 aliphatic heterocycles. The van der Waals surface area contributed by atoms with Crippen molar-refractivity contribution in [2.45, 2.75) is 58.0 Å². The zero-order valence-corrected chi connectivity index (χ0v) is 17.3. The second kappa shape index (κ2) is 7.89. The average molecular weight is 396 g/mol. The fourth-order valence-electron chi connectivity index (χ4n) is 3.92. The summed E-state index contributed by atoms with van der Waals surface area (Å²) in [5.74, 6) is 0.426. The Morgan fingerprint density at radius 3 is 2.72 bits per heavy atom. The highest BCUT2D eigenvalue weighted by Crippen LogP contribution is 2.33. The van der Waals surface area contributed by atoms with Gasteiger partial charge in [0.15, 0.2) is 0 Å². The van der Waals surface area contributed by atoms with Gasteiger partial charge in [-0.05, 0) is 64.0 Å². The third kappa shape index (κ3) is 4.78. The summed E-state index contributed by atoms with van der Waals surface area (Å²) in [6.07, 6.45) is 9.73. The van der Waals surface area contributed by atoms with Crippen molar-refractivity contribution in [3.63, 3.8) is 0 Å². The number of H-pyrrole nitrogens is 1. The summed E-state index contributed by atoms with van der Waals surface area (Å²) in [4.78, 5) is 11.8. The summed E-state index contributed by atoms with van der Waals surface area (Å²) in [6, 6.07) is 6.74. The molecular weight excluding hydrogens is 366 g/mol. The molecule has 0 atom stereocenters. The zero-order valence-electron chi connectivity index (χ0n) is 17.3. The number of fused-ring (bicyclic) bond motifs is 1. The maximum atomic E-state index is 11.8. The van der Waals surface area contributed by atoms with Gasteiger partial charge in [0.05, 0.1) is 24.4 Å². The lowest BCUT2D eigenvalue weighted by Gasteiger charge is -2.29. The first kappa shape index (κ1) is 19.5. The molecule has 0 radical (unpaired) electrons. The molecule has 2 N–H and O–H groups in total. The van der Waals surface area contributed by atoms with Crippen LogP contribution in [0.4, 0.5) is 4.79 Å². The number of carbonyl (C=O) groups excluding carboxylic acids is 1. The van der Waals surface area contributed by atoms with E-state index in [9.17, 15) is 4.79 Å². The molecule has 0 spiro atoms. The molecule has 1 saturated carbocycles. The summed E-state index contributed by atoms with van der Waals surface area (Å²) in [5, 5.41) is 15.7. The Labute approximate surface area is 170 Å². The van der Waals surface area contributed by atoms with Crippen molar-refractivity contribution in [3.8, 4) is 11.1 Å². The molecule has 1 aliphatic carbocycles. The lowest BCUT2D eigenvalue weighted by atomic mass is 9.86. The highest BCUT2D eigenvalue weighted by molar-refractivity contribution is 5.83. The Bertz CT molecular complexity index is 963. The number of amides is 1. The van der Waals surface area contributed by atoms with E-state index in [0.29, 0.717) is 18.6 Å². The van der Waals surface area contributed by atoms with Crippen molar-refractivity contribution in [1.29, 1.82) is 0 Å². The molecular formula is C22H29N5O2. The lowest BCUT2D eigenvalue weighted by molar-refractivity contribution is 0.103. The van der Waals surface area contributed by atoms with Crippen LogP contribution < -0.4 is 5.32 Å². The molecule has 29 heavy (non-hydrogen) atoms. The van der Waals surface area contributed by atoms with Crippen molar-refractivity contribution in [1.82, 2.24) is 25.3 Å². The monoisotopic (exact) mass is 395 g/mol. The first-order valence-corrected chi connectivity index (χ1v) is 10.3. The van der Waals surface area contributed by atoms with Crippen molar-refractivity contribution < 1.29 is 9.53 Å². The minimum atomic E-state index is -0.327. The van der Waals surface area contributed by atoms with Gasteiger partial charge >= 0.3 is 6.09 Å². The number of hydrogen-bond donors (Lipinski definition) is 2. The van der Waals surface area contributed by atoms with Crippen LogP contribution in [-0.2, 0) is 4.74 Å². The Hall–Kier alpha value is -2.83. The maximum absolute atomic E-state index is 11.8. The van der Waals surface area contributed by atoms with Gasteiger partial charge in [0.1, 0.15) is 0 Å². The zero-order chi connectivity index (χ0) is 20.4. The third-order valence-electron chi connectivity index (χ3n) is 5.47. The Morgan fingerprint density at radius 2 is 2.03 bits per heavy atom. The number of benzene rings is 1. The van der Waals surface area contributed by atoms with Gasteiger partial charge in [-0.3, -0.25) is 9.78 Å². The van der Waals surface area contributed by atoms with Gasteiger partial charge in [-0.15, -0.1) is 0 Å². The molecule has 4 rings (SSSR count). The van der Waals surface area contributed by atoms with Crippen LogP contribution in [0.1, 0.15) is 52.5 Å². The highest BCUT2D eigenvalue weighted by Gasteiger charge is 2.25. The highest BCUT2D eigenvalue weighted by atomic mass is 16.5. The molecule has 0 saturated heterocycles. The number of nitrogens with zero attached hydrogens (tertiary/aromatic N) is 3. The maximum Gasteiger partial charge on any atom is 0.407 e. The number of carbonyl (C=O) groups is 1. The first-order chi connectivity index (χ1) is 13.9. The molecule has 154 valence electrons. The smallest absolute Gasteiger partial charge is 0.407 e. The Morgan fingerprint density at radius 1 is 1.24 bits per heavy atom. The summed E-state index contributed by atoms with van der Waals surface area (Å²) in [6.45, 7) is 6.34. The topological polar surface area (TPSA) is 84.8 Å². The summed E-state index contributed by atoms with van der Waals surface area (Å²) in [5.41, 5.74) is 2.92. The van der Waals surface area contributed by atoms with E-state index in [1.54, 1.807) is 0 Å². The van der Waals surface area contributed by atoms with Gasteiger partial charge in [0, 0.05) is 28.9 Å². The molecule has 7 nitrogen and oxygen atoms in total.